The van der Waals surface area contributed by atoms with Gasteiger partial charge in [-0.25, -0.2) is 0 Å². The zero-order valence-electron chi connectivity index (χ0n) is 14.1. The number of rotatable bonds is 6. The van der Waals surface area contributed by atoms with Gasteiger partial charge >= 0.3 is 0 Å². The molecule has 1 aliphatic carbocycles. The molecule has 0 aliphatic heterocycles. The molecule has 1 aromatic rings. The molecule has 5 nitrogen and oxygen atoms in total. The van der Waals surface area contributed by atoms with E-state index in [1.165, 1.54) is 0 Å². The fourth-order valence-electron chi connectivity index (χ4n) is 3.31. The Kier molecular flexibility index (Phi) is 6.30. The molecule has 0 unspecified atom stereocenters. The molecule has 0 spiro atoms. The van der Waals surface area contributed by atoms with Crippen molar-refractivity contribution in [2.24, 2.45) is 0 Å². The molecular formula is C17H26N2O3S. The zero-order valence-corrected chi connectivity index (χ0v) is 14.9. The number of nitro benzene ring substituents is 1. The summed E-state index contributed by atoms with van der Waals surface area (Å²) in [5, 5.41) is 14.9. The Morgan fingerprint density at radius 3 is 2.83 bits per heavy atom. The highest BCUT2D eigenvalue weighted by Gasteiger charge is 2.26. The van der Waals surface area contributed by atoms with Crippen molar-refractivity contribution in [2.45, 2.75) is 63.8 Å². The maximum absolute atomic E-state index is 12.0. The van der Waals surface area contributed by atoms with Crippen LogP contribution in [0.3, 0.4) is 0 Å². The Hall–Kier alpha value is -1.27. The minimum absolute atomic E-state index is 0.0492. The van der Waals surface area contributed by atoms with Crippen LogP contribution in [-0.4, -0.2) is 26.2 Å². The molecule has 1 saturated carbocycles. The summed E-state index contributed by atoms with van der Waals surface area (Å²) < 4.78 is 12.0. The Labute approximate surface area is 140 Å². The van der Waals surface area contributed by atoms with E-state index in [0.717, 1.165) is 37.0 Å². The normalized spacial score (nSPS) is 24.1. The Bertz CT molecular complexity index is 591. The molecule has 23 heavy (non-hydrogen) atoms. The summed E-state index contributed by atoms with van der Waals surface area (Å²) in [5.74, 6) is 0.719. The second kappa shape index (κ2) is 8.02. The van der Waals surface area contributed by atoms with Crippen LogP contribution in [0.4, 0.5) is 5.69 Å². The Balaban J connectivity index is 2.04. The summed E-state index contributed by atoms with van der Waals surface area (Å²) in [6.45, 7) is 5.77. The molecule has 0 radical (unpaired) electrons. The lowest BCUT2D eigenvalue weighted by Crippen LogP contribution is -2.39. The van der Waals surface area contributed by atoms with Crippen molar-refractivity contribution in [3.05, 3.63) is 39.4 Å². The first-order valence-electron chi connectivity index (χ1n) is 8.30. The number of nitrogens with one attached hydrogen (secondary N) is 1. The van der Waals surface area contributed by atoms with Crippen molar-refractivity contribution in [1.29, 1.82) is 0 Å². The van der Waals surface area contributed by atoms with E-state index in [9.17, 15) is 14.3 Å². The number of hydrogen-bond acceptors (Lipinski definition) is 4. The molecule has 0 bridgehead atoms. The predicted molar refractivity (Wildman–Crippen MR) is 94.1 cm³/mol. The second-order valence-corrected chi connectivity index (χ2v) is 8.35. The van der Waals surface area contributed by atoms with Crippen LogP contribution in [0, 0.1) is 17.0 Å². The van der Waals surface area contributed by atoms with Crippen molar-refractivity contribution >= 4 is 16.5 Å². The first-order valence-corrected chi connectivity index (χ1v) is 9.68. The predicted octanol–water partition coefficient (Wildman–Crippen LogP) is 3.63. The van der Waals surface area contributed by atoms with E-state index >= 15 is 0 Å². The fourth-order valence-corrected chi connectivity index (χ4v) is 4.66. The number of aryl methyl sites for hydroxylation is 1. The standard InChI is InChI=1S/C17H26N2O3S/c1-4-23(22)16-7-5-6-15(11-16)18-13(3)14-9-8-12(2)17(10-14)19(20)21/h8-10,13,15-16,18H,4-7,11H2,1-3H3/t13-,15-,16+,23+/m0/s1. The molecule has 1 aliphatic rings. The van der Waals surface area contributed by atoms with E-state index in [2.05, 4.69) is 5.32 Å². The molecule has 0 aromatic heterocycles. The molecule has 1 N–H and O–H groups in total. The molecule has 0 heterocycles. The lowest BCUT2D eigenvalue weighted by Gasteiger charge is -2.31. The molecule has 128 valence electrons. The van der Waals surface area contributed by atoms with Crippen molar-refractivity contribution in [2.75, 3.05) is 5.75 Å². The smallest absolute Gasteiger partial charge is 0.272 e. The van der Waals surface area contributed by atoms with Crippen molar-refractivity contribution < 1.29 is 9.13 Å². The summed E-state index contributed by atoms with van der Waals surface area (Å²) in [5.41, 5.74) is 1.79. The average molecular weight is 338 g/mol. The third-order valence-corrected chi connectivity index (χ3v) is 6.44. The number of nitro groups is 1. The molecule has 2 rings (SSSR count). The highest BCUT2D eigenvalue weighted by atomic mass is 32.2. The third kappa shape index (κ3) is 4.61. The first kappa shape index (κ1) is 18.1. The molecule has 1 aromatic carbocycles. The van der Waals surface area contributed by atoms with E-state index < -0.39 is 10.8 Å². The quantitative estimate of drug-likeness (QED) is 0.635. The van der Waals surface area contributed by atoms with Gasteiger partial charge in [-0.2, -0.15) is 0 Å². The maximum atomic E-state index is 12.0. The molecule has 6 heteroatoms. The summed E-state index contributed by atoms with van der Waals surface area (Å²) in [4.78, 5) is 10.8. The molecule has 4 atom stereocenters. The van der Waals surface area contributed by atoms with Crippen molar-refractivity contribution in [3.8, 4) is 0 Å². The summed E-state index contributed by atoms with van der Waals surface area (Å²) in [6, 6.07) is 5.80. The Morgan fingerprint density at radius 2 is 2.17 bits per heavy atom. The van der Waals surface area contributed by atoms with Gasteiger partial charge in [0.1, 0.15) is 0 Å². The monoisotopic (exact) mass is 338 g/mol. The molecule has 0 saturated heterocycles. The van der Waals surface area contributed by atoms with Gasteiger partial charge in [-0.1, -0.05) is 25.5 Å². The van der Waals surface area contributed by atoms with Gasteiger partial charge in [0.15, 0.2) is 0 Å². The largest absolute Gasteiger partial charge is 0.307 e. The lowest BCUT2D eigenvalue weighted by atomic mass is 9.93. The van der Waals surface area contributed by atoms with Crippen LogP contribution in [0.15, 0.2) is 18.2 Å². The lowest BCUT2D eigenvalue weighted by molar-refractivity contribution is -0.385. The third-order valence-electron chi connectivity index (χ3n) is 4.70. The van der Waals surface area contributed by atoms with E-state index in [0.29, 0.717) is 11.6 Å². The summed E-state index contributed by atoms with van der Waals surface area (Å²) >= 11 is 0. The van der Waals surface area contributed by atoms with Crippen LogP contribution in [0.2, 0.25) is 0 Å². The average Bonchev–Trinajstić information content (AvgIpc) is 2.54. The van der Waals surface area contributed by atoms with Gasteiger partial charge < -0.3 is 5.32 Å². The van der Waals surface area contributed by atoms with Gasteiger partial charge in [-0.3, -0.25) is 14.3 Å². The Morgan fingerprint density at radius 1 is 1.43 bits per heavy atom. The number of benzene rings is 1. The topological polar surface area (TPSA) is 72.2 Å². The number of hydrogen-bond donors (Lipinski definition) is 1. The molecular weight excluding hydrogens is 312 g/mol. The summed E-state index contributed by atoms with van der Waals surface area (Å²) in [7, 11) is -0.736. The second-order valence-electron chi connectivity index (χ2n) is 6.35. The van der Waals surface area contributed by atoms with Crippen LogP contribution < -0.4 is 5.32 Å². The SMILES string of the molecule is CC[S@@](=O)[C@@H]1CCC[C@H](N[C@@H](C)c2ccc(C)c([N+](=O)[O-])c2)C1. The van der Waals surface area contributed by atoms with Crippen LogP contribution in [0.25, 0.3) is 0 Å². The fraction of sp³-hybridized carbons (Fsp3) is 0.647. The highest BCUT2D eigenvalue weighted by molar-refractivity contribution is 7.85. The number of nitrogens with zero attached hydrogens (tertiary/aromatic N) is 1. The highest BCUT2D eigenvalue weighted by Crippen LogP contribution is 2.27. The van der Waals surface area contributed by atoms with Gasteiger partial charge in [0.05, 0.1) is 4.92 Å². The van der Waals surface area contributed by atoms with Gasteiger partial charge in [0.25, 0.3) is 5.69 Å². The van der Waals surface area contributed by atoms with E-state index in [1.807, 2.05) is 26.0 Å². The van der Waals surface area contributed by atoms with Crippen LogP contribution >= 0.6 is 0 Å². The first-order chi connectivity index (χ1) is 10.9. The van der Waals surface area contributed by atoms with Gasteiger partial charge in [0, 0.05) is 45.5 Å². The van der Waals surface area contributed by atoms with Crippen LogP contribution in [0.5, 0.6) is 0 Å². The summed E-state index contributed by atoms with van der Waals surface area (Å²) in [6.07, 6.45) is 4.15. The van der Waals surface area contributed by atoms with Crippen molar-refractivity contribution in [1.82, 2.24) is 5.32 Å². The van der Waals surface area contributed by atoms with E-state index in [1.54, 1.807) is 13.0 Å². The minimum Gasteiger partial charge on any atom is -0.307 e. The van der Waals surface area contributed by atoms with Gasteiger partial charge in [-0.15, -0.1) is 0 Å². The van der Waals surface area contributed by atoms with E-state index in [4.69, 9.17) is 0 Å². The van der Waals surface area contributed by atoms with Gasteiger partial charge in [-0.05, 0) is 38.7 Å². The minimum atomic E-state index is -0.736. The zero-order chi connectivity index (χ0) is 17.0. The molecule has 0 amide bonds. The van der Waals surface area contributed by atoms with Crippen LogP contribution in [-0.2, 0) is 10.8 Å². The maximum Gasteiger partial charge on any atom is 0.272 e. The van der Waals surface area contributed by atoms with Crippen LogP contribution in [0.1, 0.15) is 56.7 Å². The van der Waals surface area contributed by atoms with E-state index in [-0.39, 0.29) is 21.9 Å². The van der Waals surface area contributed by atoms with Gasteiger partial charge in [0.2, 0.25) is 0 Å². The molecule has 1 fully saturated rings. The van der Waals surface area contributed by atoms with Crippen molar-refractivity contribution in [3.63, 3.8) is 0 Å².